The average molecular weight is 316 g/mol. The van der Waals surface area contributed by atoms with Gasteiger partial charge in [0.25, 0.3) is 0 Å². The van der Waals surface area contributed by atoms with E-state index in [4.69, 9.17) is 0 Å². The highest BCUT2D eigenvalue weighted by atomic mass is 32.2. The first-order valence-corrected chi connectivity index (χ1v) is 8.51. The number of nitrogens with one attached hydrogen (secondary N) is 1. The van der Waals surface area contributed by atoms with Crippen molar-refractivity contribution in [3.8, 4) is 0 Å². The van der Waals surface area contributed by atoms with Crippen LogP contribution in [0.1, 0.15) is 25.7 Å². The van der Waals surface area contributed by atoms with Crippen LogP contribution < -0.4 is 5.32 Å². The number of benzene rings is 1. The molecule has 2 aliphatic heterocycles. The third-order valence-electron chi connectivity index (χ3n) is 4.53. The zero-order valence-electron chi connectivity index (χ0n) is 11.7. The van der Waals surface area contributed by atoms with Gasteiger partial charge in [-0.3, -0.25) is 0 Å². The van der Waals surface area contributed by atoms with Crippen LogP contribution in [0.3, 0.4) is 0 Å². The van der Waals surface area contributed by atoms with Gasteiger partial charge in [0.15, 0.2) is 11.6 Å². The maximum Gasteiger partial charge on any atom is 0.243 e. The fourth-order valence-corrected chi connectivity index (χ4v) is 4.71. The molecule has 2 atom stereocenters. The molecule has 2 heterocycles. The molecule has 0 aliphatic carbocycles. The second kappa shape index (κ2) is 5.30. The summed E-state index contributed by atoms with van der Waals surface area (Å²) in [5, 5.41) is 3.45. The van der Waals surface area contributed by atoms with E-state index in [2.05, 4.69) is 5.32 Å². The molecular weight excluding hydrogens is 298 g/mol. The molecule has 1 aromatic rings. The first-order valence-electron chi connectivity index (χ1n) is 7.07. The summed E-state index contributed by atoms with van der Waals surface area (Å²) in [4.78, 5) is -0.199. The number of halogens is 2. The lowest BCUT2D eigenvalue weighted by atomic mass is 10.0. The van der Waals surface area contributed by atoms with Crippen LogP contribution in [0.15, 0.2) is 23.1 Å². The summed E-state index contributed by atoms with van der Waals surface area (Å²) in [5.41, 5.74) is 0. The zero-order valence-corrected chi connectivity index (χ0v) is 12.5. The maximum atomic E-state index is 13.3. The maximum absolute atomic E-state index is 13.3. The van der Waals surface area contributed by atoms with Crippen LogP contribution in [0, 0.1) is 11.6 Å². The van der Waals surface area contributed by atoms with Crippen LogP contribution >= 0.6 is 0 Å². The van der Waals surface area contributed by atoms with Gasteiger partial charge in [0.05, 0.1) is 4.90 Å². The molecule has 2 saturated heterocycles. The van der Waals surface area contributed by atoms with Gasteiger partial charge in [0, 0.05) is 25.2 Å². The highest BCUT2D eigenvalue weighted by Gasteiger charge is 2.38. The van der Waals surface area contributed by atoms with Crippen molar-refractivity contribution in [3.05, 3.63) is 29.8 Å². The molecule has 0 spiro atoms. The second-order valence-corrected chi connectivity index (χ2v) is 7.86. The van der Waals surface area contributed by atoms with Gasteiger partial charge in [-0.1, -0.05) is 0 Å². The number of rotatable bonds is 3. The summed E-state index contributed by atoms with van der Waals surface area (Å²) in [7, 11) is -2.28. The lowest BCUT2D eigenvalue weighted by Crippen LogP contribution is -2.48. The van der Waals surface area contributed by atoms with E-state index < -0.39 is 21.7 Å². The third-order valence-corrected chi connectivity index (χ3v) is 6.44. The SMILES string of the molecule is CN(C1CC2CCC(C1)N2)S(=O)(=O)c1ccc(F)c(F)c1. The minimum absolute atomic E-state index is 0.0955. The van der Waals surface area contributed by atoms with Crippen molar-refractivity contribution in [2.24, 2.45) is 0 Å². The molecule has 2 aliphatic rings. The molecule has 4 nitrogen and oxygen atoms in total. The molecule has 0 saturated carbocycles. The predicted octanol–water partition coefficient (Wildman–Crippen LogP) is 1.87. The third kappa shape index (κ3) is 2.69. The average Bonchev–Trinajstić information content (AvgIpc) is 2.79. The molecule has 3 rings (SSSR count). The summed E-state index contributed by atoms with van der Waals surface area (Å²) < 4.78 is 52.6. The molecule has 2 fully saturated rings. The minimum atomic E-state index is -3.80. The van der Waals surface area contributed by atoms with Crippen LogP contribution in [-0.4, -0.2) is 37.9 Å². The van der Waals surface area contributed by atoms with E-state index >= 15 is 0 Å². The lowest BCUT2D eigenvalue weighted by Gasteiger charge is -2.34. The van der Waals surface area contributed by atoms with Crippen molar-refractivity contribution in [1.29, 1.82) is 0 Å². The van der Waals surface area contributed by atoms with Gasteiger partial charge in [0.2, 0.25) is 10.0 Å². The van der Waals surface area contributed by atoms with Crippen molar-refractivity contribution in [3.63, 3.8) is 0 Å². The van der Waals surface area contributed by atoms with E-state index in [0.29, 0.717) is 12.1 Å². The Bertz CT molecular complexity index is 638. The number of piperidine rings is 1. The van der Waals surface area contributed by atoms with Gasteiger partial charge >= 0.3 is 0 Å². The van der Waals surface area contributed by atoms with Gasteiger partial charge < -0.3 is 5.32 Å². The standard InChI is InChI=1S/C14H18F2N2O2S/c1-18(11-6-9-2-3-10(7-11)17-9)21(19,20)12-4-5-13(15)14(16)8-12/h4-5,8-11,17H,2-3,6-7H2,1H3. The molecule has 1 N–H and O–H groups in total. The van der Waals surface area contributed by atoms with Crippen molar-refractivity contribution >= 4 is 10.0 Å². The number of sulfonamides is 1. The Kier molecular flexibility index (Phi) is 3.75. The highest BCUT2D eigenvalue weighted by Crippen LogP contribution is 2.31. The van der Waals surface area contributed by atoms with Crippen LogP contribution in [0.25, 0.3) is 0 Å². The van der Waals surface area contributed by atoms with Crippen LogP contribution in [0.4, 0.5) is 8.78 Å². The summed E-state index contributed by atoms with van der Waals surface area (Å²) in [6.07, 6.45) is 3.66. The molecule has 116 valence electrons. The number of hydrogen-bond acceptors (Lipinski definition) is 3. The van der Waals surface area contributed by atoms with Crippen molar-refractivity contribution < 1.29 is 17.2 Å². The Morgan fingerprint density at radius 1 is 1.14 bits per heavy atom. The predicted molar refractivity (Wildman–Crippen MR) is 74.3 cm³/mol. The quantitative estimate of drug-likeness (QED) is 0.926. The van der Waals surface area contributed by atoms with Crippen LogP contribution in [0.2, 0.25) is 0 Å². The molecular formula is C14H18F2N2O2S. The van der Waals surface area contributed by atoms with E-state index in [0.717, 1.165) is 43.9 Å². The van der Waals surface area contributed by atoms with Crippen LogP contribution in [0.5, 0.6) is 0 Å². The molecule has 7 heteroatoms. The molecule has 0 amide bonds. The van der Waals surface area contributed by atoms with Gasteiger partial charge in [0.1, 0.15) is 0 Å². The Morgan fingerprint density at radius 3 is 2.33 bits per heavy atom. The number of hydrogen-bond donors (Lipinski definition) is 1. The Hall–Kier alpha value is -1.05. The van der Waals surface area contributed by atoms with E-state index in [1.165, 1.54) is 11.4 Å². The number of fused-ring (bicyclic) bond motifs is 2. The minimum Gasteiger partial charge on any atom is -0.311 e. The van der Waals surface area contributed by atoms with Crippen molar-refractivity contribution in [2.75, 3.05) is 7.05 Å². The molecule has 0 radical (unpaired) electrons. The van der Waals surface area contributed by atoms with Crippen molar-refractivity contribution in [2.45, 2.75) is 48.7 Å². The topological polar surface area (TPSA) is 49.4 Å². The molecule has 21 heavy (non-hydrogen) atoms. The first-order chi connectivity index (χ1) is 9.88. The summed E-state index contributed by atoms with van der Waals surface area (Å²) in [5.74, 6) is -2.19. The van der Waals surface area contributed by atoms with Gasteiger partial charge in [-0.25, -0.2) is 17.2 Å². The van der Waals surface area contributed by atoms with E-state index in [9.17, 15) is 17.2 Å². The molecule has 2 bridgehead atoms. The molecule has 0 aromatic heterocycles. The van der Waals surface area contributed by atoms with E-state index in [-0.39, 0.29) is 10.9 Å². The fourth-order valence-electron chi connectivity index (χ4n) is 3.32. The summed E-state index contributed by atoms with van der Waals surface area (Å²) in [6.45, 7) is 0. The normalized spacial score (nSPS) is 29.0. The molecule has 2 unspecified atom stereocenters. The van der Waals surface area contributed by atoms with Gasteiger partial charge in [-0.15, -0.1) is 0 Å². The fraction of sp³-hybridized carbons (Fsp3) is 0.571. The smallest absolute Gasteiger partial charge is 0.243 e. The summed E-state index contributed by atoms with van der Waals surface area (Å²) >= 11 is 0. The van der Waals surface area contributed by atoms with Gasteiger partial charge in [-0.05, 0) is 43.9 Å². The second-order valence-electron chi connectivity index (χ2n) is 5.86. The number of nitrogens with zero attached hydrogens (tertiary/aromatic N) is 1. The monoisotopic (exact) mass is 316 g/mol. The largest absolute Gasteiger partial charge is 0.311 e. The first kappa shape index (κ1) is 14.9. The zero-order chi connectivity index (χ0) is 15.2. The Morgan fingerprint density at radius 2 is 1.76 bits per heavy atom. The van der Waals surface area contributed by atoms with E-state index in [1.54, 1.807) is 0 Å². The van der Waals surface area contributed by atoms with Crippen molar-refractivity contribution in [1.82, 2.24) is 9.62 Å². The van der Waals surface area contributed by atoms with Gasteiger partial charge in [-0.2, -0.15) is 4.31 Å². The Balaban J connectivity index is 1.85. The van der Waals surface area contributed by atoms with E-state index in [1.807, 2.05) is 0 Å². The summed E-state index contributed by atoms with van der Waals surface area (Å²) in [6, 6.07) is 3.33. The highest BCUT2D eigenvalue weighted by molar-refractivity contribution is 7.89. The van der Waals surface area contributed by atoms with Crippen LogP contribution in [-0.2, 0) is 10.0 Å². The Labute approximate surface area is 123 Å². The molecule has 1 aromatic carbocycles. The lowest BCUT2D eigenvalue weighted by molar-refractivity contribution is 0.251.